The highest BCUT2D eigenvalue weighted by molar-refractivity contribution is 6.98. The van der Waals surface area contributed by atoms with Crippen molar-refractivity contribution in [3.05, 3.63) is 164 Å². The van der Waals surface area contributed by atoms with E-state index in [0.29, 0.717) is 0 Å². The van der Waals surface area contributed by atoms with Crippen LogP contribution in [0.15, 0.2) is 164 Å². The summed E-state index contributed by atoms with van der Waals surface area (Å²) in [4.78, 5) is 0. The maximum Gasteiger partial charge on any atom is 0.260 e. The molecular formula is C44H27BO2. The van der Waals surface area contributed by atoms with E-state index in [1.165, 1.54) is 54.9 Å². The summed E-state index contributed by atoms with van der Waals surface area (Å²) in [5, 5.41) is 4.95. The van der Waals surface area contributed by atoms with Crippen LogP contribution in [0.25, 0.3) is 54.9 Å². The SMILES string of the molecule is c1ccc(-c2ccc(-c3c4ccccc4c(-c4ccc5c(c4)B4c6ccccc6Oc6cccc(c64)O5)c4ccccc34)cc2)cc1. The minimum atomic E-state index is 0.0229. The lowest BCUT2D eigenvalue weighted by Gasteiger charge is -2.33. The molecule has 2 aliphatic rings. The molecule has 218 valence electrons. The van der Waals surface area contributed by atoms with Gasteiger partial charge in [-0.05, 0) is 90.1 Å². The van der Waals surface area contributed by atoms with Crippen LogP contribution in [0.5, 0.6) is 23.0 Å². The van der Waals surface area contributed by atoms with Gasteiger partial charge < -0.3 is 9.47 Å². The molecule has 0 N–H and O–H groups in total. The molecule has 8 aromatic rings. The zero-order valence-electron chi connectivity index (χ0n) is 25.5. The third kappa shape index (κ3) is 4.00. The number of ether oxygens (including phenoxy) is 2. The summed E-state index contributed by atoms with van der Waals surface area (Å²) in [6.07, 6.45) is 0. The minimum absolute atomic E-state index is 0.0229. The van der Waals surface area contributed by atoms with Crippen molar-refractivity contribution >= 4 is 44.6 Å². The van der Waals surface area contributed by atoms with Gasteiger partial charge in [0, 0.05) is 5.46 Å². The van der Waals surface area contributed by atoms with Crippen molar-refractivity contribution in [2.45, 2.75) is 0 Å². The number of hydrogen-bond acceptors (Lipinski definition) is 2. The van der Waals surface area contributed by atoms with E-state index in [4.69, 9.17) is 9.47 Å². The van der Waals surface area contributed by atoms with Crippen LogP contribution in [0.3, 0.4) is 0 Å². The fraction of sp³-hybridized carbons (Fsp3) is 0. The van der Waals surface area contributed by atoms with Gasteiger partial charge in [0.2, 0.25) is 0 Å². The number of benzene rings is 8. The molecule has 0 unspecified atom stereocenters. The van der Waals surface area contributed by atoms with Crippen molar-refractivity contribution in [1.82, 2.24) is 0 Å². The normalized spacial score (nSPS) is 12.6. The molecule has 0 aromatic heterocycles. The van der Waals surface area contributed by atoms with Crippen LogP contribution in [0, 0.1) is 0 Å². The van der Waals surface area contributed by atoms with Crippen LogP contribution in [0.1, 0.15) is 0 Å². The third-order valence-electron chi connectivity index (χ3n) is 9.81. The monoisotopic (exact) mass is 598 g/mol. The van der Waals surface area contributed by atoms with Gasteiger partial charge in [-0.15, -0.1) is 0 Å². The average Bonchev–Trinajstić information content (AvgIpc) is 3.14. The van der Waals surface area contributed by atoms with Crippen LogP contribution >= 0.6 is 0 Å². The summed E-state index contributed by atoms with van der Waals surface area (Å²) in [5.74, 6) is 3.52. The van der Waals surface area contributed by atoms with Gasteiger partial charge in [0.25, 0.3) is 6.71 Å². The molecule has 0 radical (unpaired) electrons. The van der Waals surface area contributed by atoms with E-state index in [1.807, 2.05) is 24.3 Å². The second-order valence-corrected chi connectivity index (χ2v) is 12.4. The van der Waals surface area contributed by atoms with Gasteiger partial charge >= 0.3 is 0 Å². The molecule has 0 fully saturated rings. The van der Waals surface area contributed by atoms with E-state index in [2.05, 4.69) is 140 Å². The topological polar surface area (TPSA) is 18.5 Å². The third-order valence-corrected chi connectivity index (χ3v) is 9.81. The van der Waals surface area contributed by atoms with E-state index < -0.39 is 0 Å². The van der Waals surface area contributed by atoms with Crippen LogP contribution in [0.2, 0.25) is 0 Å². The first kappa shape index (κ1) is 26.2. The molecule has 10 rings (SSSR count). The summed E-state index contributed by atoms with van der Waals surface area (Å²) in [7, 11) is 0. The first-order chi connectivity index (χ1) is 23.3. The van der Waals surface area contributed by atoms with Crippen molar-refractivity contribution in [1.29, 1.82) is 0 Å². The maximum absolute atomic E-state index is 6.54. The molecule has 8 aromatic carbocycles. The Morgan fingerprint density at radius 1 is 0.319 bits per heavy atom. The Labute approximate surface area is 273 Å². The predicted molar refractivity (Wildman–Crippen MR) is 195 cm³/mol. The van der Waals surface area contributed by atoms with Crippen LogP contribution in [-0.2, 0) is 0 Å². The zero-order chi connectivity index (χ0) is 30.9. The Morgan fingerprint density at radius 3 is 1.45 bits per heavy atom. The van der Waals surface area contributed by atoms with Gasteiger partial charge in [-0.1, -0.05) is 140 Å². The molecule has 2 aliphatic heterocycles. The Kier molecular flexibility index (Phi) is 5.70. The highest BCUT2D eigenvalue weighted by Gasteiger charge is 2.40. The second-order valence-electron chi connectivity index (χ2n) is 12.4. The Hall–Kier alpha value is -6.06. The fourth-order valence-electron chi connectivity index (χ4n) is 7.75. The van der Waals surface area contributed by atoms with E-state index >= 15 is 0 Å². The number of rotatable bonds is 3. The van der Waals surface area contributed by atoms with Crippen LogP contribution in [-0.4, -0.2) is 6.71 Å². The summed E-state index contributed by atoms with van der Waals surface area (Å²) in [5.41, 5.74) is 10.8. The van der Waals surface area contributed by atoms with E-state index in [1.54, 1.807) is 0 Å². The van der Waals surface area contributed by atoms with E-state index in [9.17, 15) is 0 Å². The molecule has 0 saturated heterocycles. The summed E-state index contributed by atoms with van der Waals surface area (Å²) >= 11 is 0. The molecule has 0 aliphatic carbocycles. The van der Waals surface area contributed by atoms with Gasteiger partial charge in [-0.3, -0.25) is 0 Å². The largest absolute Gasteiger partial charge is 0.458 e. The lowest BCUT2D eigenvalue weighted by molar-refractivity contribution is 0.464. The molecule has 3 heteroatoms. The van der Waals surface area contributed by atoms with Crippen molar-refractivity contribution in [3.8, 4) is 56.4 Å². The van der Waals surface area contributed by atoms with Crippen molar-refractivity contribution in [2.75, 3.05) is 0 Å². The molecule has 0 atom stereocenters. The highest BCUT2D eigenvalue weighted by Crippen LogP contribution is 2.44. The molecule has 0 spiro atoms. The smallest absolute Gasteiger partial charge is 0.260 e. The molecule has 0 amide bonds. The average molecular weight is 599 g/mol. The minimum Gasteiger partial charge on any atom is -0.458 e. The van der Waals surface area contributed by atoms with Gasteiger partial charge in [-0.25, -0.2) is 0 Å². The van der Waals surface area contributed by atoms with E-state index in [-0.39, 0.29) is 6.71 Å². The second kappa shape index (κ2) is 10.2. The Bertz CT molecular complexity index is 2450. The Balaban J connectivity index is 1.19. The summed E-state index contributed by atoms with van der Waals surface area (Å²) in [6, 6.07) is 58.5. The van der Waals surface area contributed by atoms with Gasteiger partial charge in [0.1, 0.15) is 23.0 Å². The molecule has 47 heavy (non-hydrogen) atoms. The number of hydrogen-bond donors (Lipinski definition) is 0. The lowest BCUT2D eigenvalue weighted by atomic mass is 9.35. The molecule has 2 nitrogen and oxygen atoms in total. The predicted octanol–water partition coefficient (Wildman–Crippen LogP) is 9.72. The molecular weight excluding hydrogens is 571 g/mol. The fourth-order valence-corrected chi connectivity index (χ4v) is 7.75. The van der Waals surface area contributed by atoms with Crippen LogP contribution in [0.4, 0.5) is 0 Å². The van der Waals surface area contributed by atoms with Gasteiger partial charge in [-0.2, -0.15) is 0 Å². The van der Waals surface area contributed by atoms with E-state index in [0.717, 1.165) is 39.4 Å². The first-order valence-corrected chi connectivity index (χ1v) is 16.1. The lowest BCUT2D eigenvalue weighted by Crippen LogP contribution is -2.57. The quantitative estimate of drug-likeness (QED) is 0.149. The van der Waals surface area contributed by atoms with Crippen LogP contribution < -0.4 is 25.9 Å². The van der Waals surface area contributed by atoms with Gasteiger partial charge in [0.15, 0.2) is 0 Å². The maximum atomic E-state index is 6.54. The van der Waals surface area contributed by atoms with Crippen molar-refractivity contribution in [3.63, 3.8) is 0 Å². The molecule has 2 heterocycles. The molecule has 0 saturated carbocycles. The highest BCUT2D eigenvalue weighted by atomic mass is 16.5. The summed E-state index contributed by atoms with van der Waals surface area (Å²) < 4.78 is 12.9. The number of para-hydroxylation sites is 1. The Morgan fingerprint density at radius 2 is 0.787 bits per heavy atom. The standard InChI is InChI=1S/C44H27BO2/c1-2-11-28(12-3-1)29-21-23-30(24-22-29)42-32-13-4-6-15-34(32)43(35-16-7-5-14-33(35)42)31-25-26-39-37(27-31)45-36-17-8-9-18-38(36)46-40-19-10-20-41(47-39)44(40)45/h1-27H. The first-order valence-electron chi connectivity index (χ1n) is 16.1. The van der Waals surface area contributed by atoms with Crippen molar-refractivity contribution in [2.24, 2.45) is 0 Å². The molecule has 0 bridgehead atoms. The zero-order valence-corrected chi connectivity index (χ0v) is 25.5. The summed E-state index contributed by atoms with van der Waals surface area (Å²) in [6.45, 7) is 0.0229. The van der Waals surface area contributed by atoms with Gasteiger partial charge in [0.05, 0.1) is 0 Å². The number of fused-ring (bicyclic) bond motifs is 6. The van der Waals surface area contributed by atoms with Crippen molar-refractivity contribution < 1.29 is 9.47 Å².